The average Bonchev–Trinajstić information content (AvgIpc) is 2.18. The summed E-state index contributed by atoms with van der Waals surface area (Å²) in [5.74, 6) is -2.53. The Bertz CT molecular complexity index is 410. The van der Waals surface area contributed by atoms with Crippen LogP contribution in [0.2, 0.25) is 0 Å². The molecule has 88 valence electrons. The first-order chi connectivity index (χ1) is 7.41. The summed E-state index contributed by atoms with van der Waals surface area (Å²) < 4.78 is 31.1. The van der Waals surface area contributed by atoms with Gasteiger partial charge in [-0.2, -0.15) is 4.39 Å². The molecule has 0 spiro atoms. The fraction of sp³-hybridized carbons (Fsp3) is 0.333. The summed E-state index contributed by atoms with van der Waals surface area (Å²) in [4.78, 5) is 9.28. The summed E-state index contributed by atoms with van der Waals surface area (Å²) in [5.41, 5.74) is 4.43. The Hall–Kier alpha value is -1.76. The summed E-state index contributed by atoms with van der Waals surface area (Å²) in [7, 11) is 0. The lowest BCUT2D eigenvalue weighted by Gasteiger charge is -2.09. The van der Waals surface area contributed by atoms with Gasteiger partial charge in [0.25, 0.3) is 0 Å². The zero-order valence-electron chi connectivity index (χ0n) is 8.44. The van der Waals surface area contributed by atoms with Gasteiger partial charge in [0.2, 0.25) is 5.82 Å². The second-order valence-electron chi connectivity index (χ2n) is 3.28. The molecule has 0 aliphatic carbocycles. The van der Waals surface area contributed by atoms with E-state index in [4.69, 9.17) is 10.5 Å². The van der Waals surface area contributed by atoms with E-state index in [0.717, 1.165) is 0 Å². The SMILES string of the molecule is CC(N)COc1cc(F)c([N+](=O)[O-])cc1F. The monoisotopic (exact) mass is 232 g/mol. The molecule has 0 saturated heterocycles. The van der Waals surface area contributed by atoms with E-state index >= 15 is 0 Å². The molecule has 0 bridgehead atoms. The van der Waals surface area contributed by atoms with Crippen LogP contribution >= 0.6 is 0 Å². The van der Waals surface area contributed by atoms with Gasteiger partial charge in [-0.05, 0) is 6.92 Å². The lowest BCUT2D eigenvalue weighted by atomic mass is 10.2. The van der Waals surface area contributed by atoms with Gasteiger partial charge in [-0.25, -0.2) is 4.39 Å². The number of nitro benzene ring substituents is 1. The van der Waals surface area contributed by atoms with Gasteiger partial charge in [-0.3, -0.25) is 10.1 Å². The average molecular weight is 232 g/mol. The third-order valence-corrected chi connectivity index (χ3v) is 1.70. The first-order valence-corrected chi connectivity index (χ1v) is 4.43. The summed E-state index contributed by atoms with van der Waals surface area (Å²) >= 11 is 0. The zero-order chi connectivity index (χ0) is 12.3. The molecule has 1 unspecified atom stereocenters. The number of halogens is 2. The highest BCUT2D eigenvalue weighted by molar-refractivity contribution is 5.39. The Labute approximate surface area is 90.0 Å². The molecule has 0 amide bonds. The highest BCUT2D eigenvalue weighted by atomic mass is 19.1. The van der Waals surface area contributed by atoms with Crippen LogP contribution in [0.5, 0.6) is 5.75 Å². The van der Waals surface area contributed by atoms with Gasteiger partial charge in [0.15, 0.2) is 11.6 Å². The summed E-state index contributed by atoms with van der Waals surface area (Å²) in [6.07, 6.45) is 0. The molecule has 16 heavy (non-hydrogen) atoms. The van der Waals surface area contributed by atoms with Gasteiger partial charge in [-0.1, -0.05) is 0 Å². The largest absolute Gasteiger partial charge is 0.489 e. The van der Waals surface area contributed by atoms with Crippen molar-refractivity contribution < 1.29 is 18.4 Å². The van der Waals surface area contributed by atoms with Crippen molar-refractivity contribution in [1.82, 2.24) is 0 Å². The van der Waals surface area contributed by atoms with Crippen molar-refractivity contribution in [2.45, 2.75) is 13.0 Å². The zero-order valence-corrected chi connectivity index (χ0v) is 8.44. The van der Waals surface area contributed by atoms with Crippen LogP contribution in [0.1, 0.15) is 6.92 Å². The van der Waals surface area contributed by atoms with Crippen LogP contribution in [0.4, 0.5) is 14.5 Å². The molecule has 0 aliphatic heterocycles. The number of nitro groups is 1. The second kappa shape index (κ2) is 4.84. The highest BCUT2D eigenvalue weighted by Crippen LogP contribution is 2.26. The Morgan fingerprint density at radius 1 is 1.50 bits per heavy atom. The lowest BCUT2D eigenvalue weighted by Crippen LogP contribution is -2.24. The fourth-order valence-electron chi connectivity index (χ4n) is 0.990. The summed E-state index contributed by atoms with van der Waals surface area (Å²) in [6, 6.07) is 0.763. The highest BCUT2D eigenvalue weighted by Gasteiger charge is 2.19. The molecule has 1 aromatic carbocycles. The van der Waals surface area contributed by atoms with Crippen molar-refractivity contribution >= 4 is 5.69 Å². The number of nitrogens with zero attached hydrogens (tertiary/aromatic N) is 1. The molecule has 1 rings (SSSR count). The van der Waals surface area contributed by atoms with Crippen LogP contribution < -0.4 is 10.5 Å². The van der Waals surface area contributed by atoms with Gasteiger partial charge >= 0.3 is 5.69 Å². The standard InChI is InChI=1S/C9H10F2N2O3/c1-5(12)4-16-9-3-6(10)8(13(14)15)2-7(9)11/h2-3,5H,4,12H2,1H3. The summed E-state index contributed by atoms with van der Waals surface area (Å²) in [6.45, 7) is 1.62. The number of hydrogen-bond donors (Lipinski definition) is 1. The van der Waals surface area contributed by atoms with Gasteiger partial charge in [-0.15, -0.1) is 0 Å². The molecule has 7 heteroatoms. The third-order valence-electron chi connectivity index (χ3n) is 1.70. The number of hydrogen-bond acceptors (Lipinski definition) is 4. The molecule has 0 heterocycles. The van der Waals surface area contributed by atoms with Crippen LogP contribution in [0, 0.1) is 21.7 Å². The van der Waals surface area contributed by atoms with Gasteiger partial charge in [0.05, 0.1) is 11.0 Å². The van der Waals surface area contributed by atoms with E-state index in [2.05, 4.69) is 0 Å². The van der Waals surface area contributed by atoms with Crippen molar-refractivity contribution in [3.63, 3.8) is 0 Å². The normalized spacial score (nSPS) is 12.2. The minimum Gasteiger partial charge on any atom is -0.489 e. The maximum absolute atomic E-state index is 13.2. The number of benzene rings is 1. The van der Waals surface area contributed by atoms with Crippen molar-refractivity contribution in [2.75, 3.05) is 6.61 Å². The predicted molar refractivity (Wildman–Crippen MR) is 52.2 cm³/mol. The smallest absolute Gasteiger partial charge is 0.307 e. The molecule has 2 N–H and O–H groups in total. The minimum atomic E-state index is -1.15. The van der Waals surface area contributed by atoms with E-state index in [1.54, 1.807) is 6.92 Å². The van der Waals surface area contributed by atoms with Crippen molar-refractivity contribution in [2.24, 2.45) is 5.73 Å². The Morgan fingerprint density at radius 3 is 2.62 bits per heavy atom. The fourth-order valence-corrected chi connectivity index (χ4v) is 0.990. The van der Waals surface area contributed by atoms with E-state index in [9.17, 15) is 18.9 Å². The summed E-state index contributed by atoms with van der Waals surface area (Å²) in [5, 5.41) is 10.3. The van der Waals surface area contributed by atoms with Crippen molar-refractivity contribution in [1.29, 1.82) is 0 Å². The van der Waals surface area contributed by atoms with Gasteiger partial charge < -0.3 is 10.5 Å². The molecule has 0 radical (unpaired) electrons. The maximum Gasteiger partial charge on any atom is 0.307 e. The molecular formula is C9H10F2N2O3. The Balaban J connectivity index is 2.96. The van der Waals surface area contributed by atoms with E-state index in [1.807, 2.05) is 0 Å². The molecule has 5 nitrogen and oxygen atoms in total. The van der Waals surface area contributed by atoms with Crippen LogP contribution in [-0.4, -0.2) is 17.6 Å². The Morgan fingerprint density at radius 2 is 2.12 bits per heavy atom. The molecule has 0 aromatic heterocycles. The molecule has 0 saturated carbocycles. The number of rotatable bonds is 4. The molecule has 0 aliphatic rings. The van der Waals surface area contributed by atoms with Crippen LogP contribution in [0.15, 0.2) is 12.1 Å². The van der Waals surface area contributed by atoms with Crippen LogP contribution in [0.25, 0.3) is 0 Å². The maximum atomic E-state index is 13.2. The van der Waals surface area contributed by atoms with Crippen LogP contribution in [-0.2, 0) is 0 Å². The Kier molecular flexibility index (Phi) is 3.73. The number of ether oxygens (including phenoxy) is 1. The number of nitrogens with two attached hydrogens (primary N) is 1. The molecule has 0 fully saturated rings. The van der Waals surface area contributed by atoms with Crippen molar-refractivity contribution in [3.05, 3.63) is 33.9 Å². The van der Waals surface area contributed by atoms with Gasteiger partial charge in [0, 0.05) is 12.1 Å². The molecular weight excluding hydrogens is 222 g/mol. The third kappa shape index (κ3) is 2.86. The minimum absolute atomic E-state index is 0.00578. The topological polar surface area (TPSA) is 78.4 Å². The quantitative estimate of drug-likeness (QED) is 0.631. The van der Waals surface area contributed by atoms with Crippen LogP contribution in [0.3, 0.4) is 0 Å². The lowest BCUT2D eigenvalue weighted by molar-refractivity contribution is -0.387. The predicted octanol–water partition coefficient (Wildman–Crippen LogP) is 1.60. The molecule has 1 atom stereocenters. The second-order valence-corrected chi connectivity index (χ2v) is 3.28. The van der Waals surface area contributed by atoms with Crippen molar-refractivity contribution in [3.8, 4) is 5.75 Å². The van der Waals surface area contributed by atoms with E-state index in [1.165, 1.54) is 0 Å². The van der Waals surface area contributed by atoms with E-state index < -0.39 is 22.2 Å². The molecule has 1 aromatic rings. The first-order valence-electron chi connectivity index (χ1n) is 4.43. The van der Waals surface area contributed by atoms with E-state index in [-0.39, 0.29) is 18.4 Å². The first kappa shape index (κ1) is 12.3. The van der Waals surface area contributed by atoms with Gasteiger partial charge in [0.1, 0.15) is 6.61 Å². The van der Waals surface area contributed by atoms with E-state index in [0.29, 0.717) is 12.1 Å².